The molecule has 3 aromatic rings. The highest BCUT2D eigenvalue weighted by Gasteiger charge is 2.14. The summed E-state index contributed by atoms with van der Waals surface area (Å²) in [6, 6.07) is 10.2. The van der Waals surface area contributed by atoms with Crippen molar-refractivity contribution in [3.8, 4) is 11.5 Å². The van der Waals surface area contributed by atoms with E-state index in [9.17, 15) is 5.11 Å². The molecule has 1 N–H and O–H groups in total. The van der Waals surface area contributed by atoms with Gasteiger partial charge >= 0.3 is 0 Å². The third kappa shape index (κ3) is 1.64. The smallest absolute Gasteiger partial charge is 0.127 e. The highest BCUT2D eigenvalue weighted by Crippen LogP contribution is 2.41. The monoisotopic (exact) mass is 266 g/mol. The second-order valence-corrected chi connectivity index (χ2v) is 5.35. The Kier molecular flexibility index (Phi) is 2.82. The molecule has 0 saturated carbocycles. The van der Waals surface area contributed by atoms with Gasteiger partial charge in [0.05, 0.1) is 7.11 Å². The number of aromatic hydroxyl groups is 1. The molecule has 0 bridgehead atoms. The Labute approximate surface area is 118 Å². The summed E-state index contributed by atoms with van der Waals surface area (Å²) >= 11 is 0. The van der Waals surface area contributed by atoms with Crippen LogP contribution in [0.2, 0.25) is 0 Å². The maximum atomic E-state index is 10.3. The lowest BCUT2D eigenvalue weighted by molar-refractivity contribution is 0.418. The maximum absolute atomic E-state index is 10.3. The summed E-state index contributed by atoms with van der Waals surface area (Å²) in [4.78, 5) is 0. The standard InChI is InChI=1S/C18H18O2/c1-10-5-6-11(2)16-13(10)7-8-14-17(16)15(20-4)9-12(3)18(14)19/h5-9,19H,1-4H3. The van der Waals surface area contributed by atoms with Crippen molar-refractivity contribution in [3.05, 3.63) is 47.0 Å². The number of aryl methyl sites for hydroxylation is 3. The number of benzene rings is 3. The van der Waals surface area contributed by atoms with E-state index >= 15 is 0 Å². The Balaban J connectivity index is 2.66. The van der Waals surface area contributed by atoms with Crippen molar-refractivity contribution in [3.63, 3.8) is 0 Å². The lowest BCUT2D eigenvalue weighted by Crippen LogP contribution is -1.91. The summed E-state index contributed by atoms with van der Waals surface area (Å²) in [6.45, 7) is 6.09. The molecule has 3 rings (SSSR count). The van der Waals surface area contributed by atoms with Gasteiger partial charge in [-0.15, -0.1) is 0 Å². The minimum atomic E-state index is 0.337. The van der Waals surface area contributed by atoms with E-state index in [0.29, 0.717) is 5.75 Å². The van der Waals surface area contributed by atoms with Crippen LogP contribution in [0.25, 0.3) is 21.5 Å². The molecule has 3 aromatic carbocycles. The number of rotatable bonds is 1. The molecule has 0 unspecified atom stereocenters. The van der Waals surface area contributed by atoms with Crippen molar-refractivity contribution >= 4 is 21.5 Å². The van der Waals surface area contributed by atoms with Crippen molar-refractivity contribution in [2.24, 2.45) is 0 Å². The van der Waals surface area contributed by atoms with E-state index < -0.39 is 0 Å². The fourth-order valence-corrected chi connectivity index (χ4v) is 2.93. The largest absolute Gasteiger partial charge is 0.507 e. The second-order valence-electron chi connectivity index (χ2n) is 5.35. The van der Waals surface area contributed by atoms with Gasteiger partial charge in [-0.3, -0.25) is 0 Å². The molecule has 2 nitrogen and oxygen atoms in total. The topological polar surface area (TPSA) is 29.5 Å². The lowest BCUT2D eigenvalue weighted by atomic mass is 9.93. The zero-order valence-corrected chi connectivity index (χ0v) is 12.2. The molecule has 102 valence electrons. The van der Waals surface area contributed by atoms with Crippen molar-refractivity contribution in [1.82, 2.24) is 0 Å². The van der Waals surface area contributed by atoms with Crippen LogP contribution in [-0.2, 0) is 0 Å². The SMILES string of the molecule is COc1cc(C)c(O)c2ccc3c(C)ccc(C)c3c12. The van der Waals surface area contributed by atoms with Crippen molar-refractivity contribution < 1.29 is 9.84 Å². The number of phenols is 1. The first-order valence-electron chi connectivity index (χ1n) is 6.73. The van der Waals surface area contributed by atoms with Gasteiger partial charge in [-0.05, 0) is 60.4 Å². The van der Waals surface area contributed by atoms with Crippen LogP contribution in [0.5, 0.6) is 11.5 Å². The fourth-order valence-electron chi connectivity index (χ4n) is 2.93. The Morgan fingerprint density at radius 2 is 1.45 bits per heavy atom. The van der Waals surface area contributed by atoms with Gasteiger partial charge in [-0.25, -0.2) is 0 Å². The van der Waals surface area contributed by atoms with Crippen molar-refractivity contribution in [1.29, 1.82) is 0 Å². The molecule has 0 saturated heterocycles. The quantitative estimate of drug-likeness (QED) is 0.650. The van der Waals surface area contributed by atoms with Gasteiger partial charge in [0.1, 0.15) is 11.5 Å². The Morgan fingerprint density at radius 1 is 0.800 bits per heavy atom. The molecule has 20 heavy (non-hydrogen) atoms. The predicted molar refractivity (Wildman–Crippen MR) is 83.9 cm³/mol. The van der Waals surface area contributed by atoms with Gasteiger partial charge in [0.25, 0.3) is 0 Å². The van der Waals surface area contributed by atoms with Crippen LogP contribution in [0.3, 0.4) is 0 Å². The van der Waals surface area contributed by atoms with E-state index in [1.54, 1.807) is 7.11 Å². The van der Waals surface area contributed by atoms with Crippen LogP contribution in [0.4, 0.5) is 0 Å². The normalized spacial score (nSPS) is 11.2. The number of hydrogen-bond acceptors (Lipinski definition) is 2. The van der Waals surface area contributed by atoms with Crippen LogP contribution in [0.1, 0.15) is 16.7 Å². The first-order chi connectivity index (χ1) is 9.54. The van der Waals surface area contributed by atoms with Gasteiger partial charge in [-0.1, -0.05) is 18.2 Å². The first-order valence-corrected chi connectivity index (χ1v) is 6.73. The molecule has 0 atom stereocenters. The molecule has 0 amide bonds. The van der Waals surface area contributed by atoms with Gasteiger partial charge < -0.3 is 9.84 Å². The van der Waals surface area contributed by atoms with E-state index in [4.69, 9.17) is 4.74 Å². The van der Waals surface area contributed by atoms with Crippen LogP contribution >= 0.6 is 0 Å². The molecule has 0 heterocycles. The average Bonchev–Trinajstić information content (AvgIpc) is 2.45. The molecule has 0 aliphatic rings. The summed E-state index contributed by atoms with van der Waals surface area (Å²) in [7, 11) is 1.68. The fraction of sp³-hybridized carbons (Fsp3) is 0.222. The van der Waals surface area contributed by atoms with E-state index in [1.807, 2.05) is 19.1 Å². The molecule has 2 heteroatoms. The maximum Gasteiger partial charge on any atom is 0.127 e. The molecule has 0 radical (unpaired) electrons. The van der Waals surface area contributed by atoms with Crippen LogP contribution < -0.4 is 4.74 Å². The molecule has 0 aliphatic carbocycles. The Morgan fingerprint density at radius 3 is 2.15 bits per heavy atom. The molecule has 0 spiro atoms. The van der Waals surface area contributed by atoms with Crippen LogP contribution in [0, 0.1) is 20.8 Å². The van der Waals surface area contributed by atoms with Gasteiger partial charge in [-0.2, -0.15) is 0 Å². The lowest BCUT2D eigenvalue weighted by Gasteiger charge is -2.15. The zero-order chi connectivity index (χ0) is 14.4. The number of phenolic OH excluding ortho intramolecular Hbond substituents is 1. The Bertz CT molecular complexity index is 832. The Hall–Kier alpha value is -2.22. The molecule has 0 aromatic heterocycles. The van der Waals surface area contributed by atoms with E-state index in [0.717, 1.165) is 27.5 Å². The third-order valence-corrected chi connectivity index (χ3v) is 4.05. The van der Waals surface area contributed by atoms with E-state index in [1.165, 1.54) is 16.5 Å². The molecule has 0 aliphatic heterocycles. The van der Waals surface area contributed by atoms with Gasteiger partial charge in [0, 0.05) is 10.8 Å². The summed E-state index contributed by atoms with van der Waals surface area (Å²) < 4.78 is 5.56. The highest BCUT2D eigenvalue weighted by molar-refractivity contribution is 6.14. The third-order valence-electron chi connectivity index (χ3n) is 4.05. The van der Waals surface area contributed by atoms with E-state index in [-0.39, 0.29) is 0 Å². The molecular weight excluding hydrogens is 248 g/mol. The van der Waals surface area contributed by atoms with Crippen LogP contribution in [0.15, 0.2) is 30.3 Å². The average molecular weight is 266 g/mol. The van der Waals surface area contributed by atoms with Crippen molar-refractivity contribution in [2.75, 3.05) is 7.11 Å². The number of ether oxygens (including phenoxy) is 1. The summed E-state index contributed by atoms with van der Waals surface area (Å²) in [6.07, 6.45) is 0. The minimum absolute atomic E-state index is 0.337. The summed E-state index contributed by atoms with van der Waals surface area (Å²) in [5.41, 5.74) is 3.26. The number of hydrogen-bond donors (Lipinski definition) is 1. The van der Waals surface area contributed by atoms with E-state index in [2.05, 4.69) is 32.0 Å². The van der Waals surface area contributed by atoms with Crippen LogP contribution in [-0.4, -0.2) is 12.2 Å². The summed E-state index contributed by atoms with van der Waals surface area (Å²) in [5, 5.41) is 14.6. The molecule has 0 fully saturated rings. The van der Waals surface area contributed by atoms with Gasteiger partial charge in [0.15, 0.2) is 0 Å². The summed E-state index contributed by atoms with van der Waals surface area (Å²) in [5.74, 6) is 1.15. The minimum Gasteiger partial charge on any atom is -0.507 e. The zero-order valence-electron chi connectivity index (χ0n) is 12.2. The van der Waals surface area contributed by atoms with Gasteiger partial charge in [0.2, 0.25) is 0 Å². The second kappa shape index (κ2) is 4.41. The molecular formula is C18H18O2. The van der Waals surface area contributed by atoms with Crippen molar-refractivity contribution in [2.45, 2.75) is 20.8 Å². The predicted octanol–water partition coefficient (Wildman–Crippen LogP) is 4.63. The number of fused-ring (bicyclic) bond motifs is 3. The first kappa shape index (κ1) is 12.8. The number of methoxy groups -OCH3 is 1. The highest BCUT2D eigenvalue weighted by atomic mass is 16.5.